The number of aliphatic hydroxyl groups is 1. The van der Waals surface area contributed by atoms with Gasteiger partial charge >= 0.3 is 0 Å². The Hall–Kier alpha value is -0.650. The van der Waals surface area contributed by atoms with Crippen molar-refractivity contribution < 1.29 is 14.6 Å². The minimum atomic E-state index is -0.509. The number of hydrogen-bond acceptors (Lipinski definition) is 4. The van der Waals surface area contributed by atoms with Crippen molar-refractivity contribution in [2.45, 2.75) is 25.9 Å². The minimum absolute atomic E-state index is 0.00301. The van der Waals surface area contributed by atoms with Crippen LogP contribution in [0.1, 0.15) is 19.8 Å². The van der Waals surface area contributed by atoms with Crippen LogP contribution in [0, 0.1) is 5.41 Å². The molecule has 94 valence electrons. The fourth-order valence-electron chi connectivity index (χ4n) is 2.05. The fraction of sp³-hybridized carbons (Fsp3) is 0.909. The van der Waals surface area contributed by atoms with Gasteiger partial charge in [-0.15, -0.1) is 0 Å². The van der Waals surface area contributed by atoms with E-state index in [1.165, 1.54) is 0 Å². The summed E-state index contributed by atoms with van der Waals surface area (Å²) in [5.41, 5.74) is -0.422. The zero-order chi connectivity index (χ0) is 12.0. The van der Waals surface area contributed by atoms with Crippen LogP contribution in [-0.4, -0.2) is 50.5 Å². The molecule has 1 aliphatic rings. The summed E-state index contributed by atoms with van der Waals surface area (Å²) in [6.45, 7) is 4.08. The van der Waals surface area contributed by atoms with Crippen molar-refractivity contribution in [1.82, 2.24) is 10.6 Å². The molecule has 1 heterocycles. The topological polar surface area (TPSA) is 70.6 Å². The molecule has 1 amide bonds. The highest BCUT2D eigenvalue weighted by Gasteiger charge is 2.39. The Morgan fingerprint density at radius 3 is 2.69 bits per heavy atom. The predicted octanol–water partition coefficient (Wildman–Crippen LogP) is -0.500. The number of carbonyl (C=O) groups excluding carboxylic acids is 1. The van der Waals surface area contributed by atoms with Gasteiger partial charge in [-0.3, -0.25) is 4.79 Å². The van der Waals surface area contributed by atoms with Crippen LogP contribution in [0.5, 0.6) is 0 Å². The Bertz CT molecular complexity index is 220. The highest BCUT2D eigenvalue weighted by Crippen LogP contribution is 2.29. The highest BCUT2D eigenvalue weighted by atomic mass is 16.5. The van der Waals surface area contributed by atoms with Gasteiger partial charge in [0.15, 0.2) is 0 Å². The van der Waals surface area contributed by atoms with Crippen molar-refractivity contribution >= 4 is 5.91 Å². The summed E-state index contributed by atoms with van der Waals surface area (Å²) in [4.78, 5) is 12.1. The molecule has 1 saturated heterocycles. The molecule has 16 heavy (non-hydrogen) atoms. The van der Waals surface area contributed by atoms with Crippen LogP contribution < -0.4 is 10.6 Å². The summed E-state index contributed by atoms with van der Waals surface area (Å²) < 4.78 is 5.16. The lowest BCUT2D eigenvalue weighted by Crippen LogP contribution is -2.51. The second-order valence-corrected chi connectivity index (χ2v) is 4.52. The molecule has 0 aliphatic carbocycles. The number of ether oxygens (including phenoxy) is 1. The van der Waals surface area contributed by atoms with Crippen LogP contribution in [0.25, 0.3) is 0 Å². The molecule has 0 aromatic rings. The number of aliphatic hydroxyl groups excluding tert-OH is 1. The molecule has 0 spiro atoms. The Morgan fingerprint density at radius 2 is 2.19 bits per heavy atom. The summed E-state index contributed by atoms with van der Waals surface area (Å²) >= 11 is 0. The van der Waals surface area contributed by atoms with E-state index in [4.69, 9.17) is 9.84 Å². The second-order valence-electron chi connectivity index (χ2n) is 4.52. The SMILES string of the molecule is COCC1(C(=O)NC[C@@H](C)O)CCNCC1. The Balaban J connectivity index is 2.57. The number of rotatable bonds is 5. The maximum atomic E-state index is 12.1. The van der Waals surface area contributed by atoms with E-state index in [9.17, 15) is 4.79 Å². The largest absolute Gasteiger partial charge is 0.392 e. The second kappa shape index (κ2) is 6.18. The van der Waals surface area contributed by atoms with Crippen LogP contribution >= 0.6 is 0 Å². The molecule has 0 bridgehead atoms. The fourth-order valence-corrected chi connectivity index (χ4v) is 2.05. The van der Waals surface area contributed by atoms with Gasteiger partial charge in [0.2, 0.25) is 5.91 Å². The first-order valence-electron chi connectivity index (χ1n) is 5.77. The molecule has 1 atom stereocenters. The zero-order valence-electron chi connectivity index (χ0n) is 10.1. The first kappa shape index (κ1) is 13.4. The van der Waals surface area contributed by atoms with E-state index in [0.29, 0.717) is 13.2 Å². The minimum Gasteiger partial charge on any atom is -0.392 e. The van der Waals surface area contributed by atoms with Gasteiger partial charge in [0.25, 0.3) is 0 Å². The molecular weight excluding hydrogens is 208 g/mol. The lowest BCUT2D eigenvalue weighted by atomic mass is 9.78. The molecule has 0 unspecified atom stereocenters. The number of amides is 1. The Morgan fingerprint density at radius 1 is 1.56 bits per heavy atom. The molecule has 1 fully saturated rings. The highest BCUT2D eigenvalue weighted by molar-refractivity contribution is 5.83. The van der Waals surface area contributed by atoms with Gasteiger partial charge in [0.05, 0.1) is 18.1 Å². The number of methoxy groups -OCH3 is 1. The van der Waals surface area contributed by atoms with Crippen LogP contribution in [-0.2, 0) is 9.53 Å². The Kier molecular flexibility index (Phi) is 5.18. The standard InChI is InChI=1S/C11H22N2O3/c1-9(14)7-13-10(15)11(8-16-2)3-5-12-6-4-11/h9,12,14H,3-8H2,1-2H3,(H,13,15)/t9-/m1/s1. The maximum Gasteiger partial charge on any atom is 0.228 e. The normalized spacial score (nSPS) is 21.4. The summed E-state index contributed by atoms with van der Waals surface area (Å²) in [5.74, 6) is -0.00301. The third-order valence-corrected chi connectivity index (χ3v) is 3.02. The summed E-state index contributed by atoms with van der Waals surface area (Å²) in [5, 5.41) is 15.2. The first-order chi connectivity index (χ1) is 7.60. The van der Waals surface area contributed by atoms with E-state index in [1.807, 2.05) is 0 Å². The van der Waals surface area contributed by atoms with Gasteiger partial charge in [-0.25, -0.2) is 0 Å². The van der Waals surface area contributed by atoms with Crippen molar-refractivity contribution in [2.24, 2.45) is 5.41 Å². The van der Waals surface area contributed by atoms with Gasteiger partial charge in [0, 0.05) is 13.7 Å². The van der Waals surface area contributed by atoms with Crippen LogP contribution in [0.2, 0.25) is 0 Å². The summed E-state index contributed by atoms with van der Waals surface area (Å²) in [7, 11) is 1.62. The smallest absolute Gasteiger partial charge is 0.228 e. The van der Waals surface area contributed by atoms with Crippen molar-refractivity contribution in [2.75, 3.05) is 33.4 Å². The van der Waals surface area contributed by atoms with Gasteiger partial charge in [-0.2, -0.15) is 0 Å². The molecule has 5 heteroatoms. The molecule has 3 N–H and O–H groups in total. The number of nitrogens with one attached hydrogen (secondary N) is 2. The molecule has 1 rings (SSSR count). The average molecular weight is 230 g/mol. The lowest BCUT2D eigenvalue weighted by Gasteiger charge is -2.35. The van der Waals surface area contributed by atoms with Gasteiger partial charge in [-0.1, -0.05) is 0 Å². The van der Waals surface area contributed by atoms with Crippen molar-refractivity contribution in [3.63, 3.8) is 0 Å². The number of hydrogen-bond donors (Lipinski definition) is 3. The summed E-state index contributed by atoms with van der Waals surface area (Å²) in [6.07, 6.45) is 1.06. The van der Waals surface area contributed by atoms with E-state index in [1.54, 1.807) is 14.0 Å². The van der Waals surface area contributed by atoms with E-state index in [2.05, 4.69) is 10.6 Å². The van der Waals surface area contributed by atoms with Crippen LogP contribution in [0.4, 0.5) is 0 Å². The van der Waals surface area contributed by atoms with Crippen molar-refractivity contribution in [1.29, 1.82) is 0 Å². The zero-order valence-corrected chi connectivity index (χ0v) is 10.1. The van der Waals surface area contributed by atoms with Crippen molar-refractivity contribution in [3.8, 4) is 0 Å². The van der Waals surface area contributed by atoms with E-state index >= 15 is 0 Å². The molecule has 0 aromatic carbocycles. The van der Waals surface area contributed by atoms with E-state index < -0.39 is 11.5 Å². The molecule has 1 aliphatic heterocycles. The van der Waals surface area contributed by atoms with Gasteiger partial charge in [0.1, 0.15) is 0 Å². The molecule has 0 aromatic heterocycles. The average Bonchev–Trinajstić information content (AvgIpc) is 2.27. The third-order valence-electron chi connectivity index (χ3n) is 3.02. The van der Waals surface area contributed by atoms with E-state index in [0.717, 1.165) is 25.9 Å². The predicted molar refractivity (Wildman–Crippen MR) is 61.1 cm³/mol. The summed E-state index contributed by atoms with van der Waals surface area (Å²) in [6, 6.07) is 0. The quantitative estimate of drug-likeness (QED) is 0.595. The van der Waals surface area contributed by atoms with Crippen LogP contribution in [0.3, 0.4) is 0 Å². The van der Waals surface area contributed by atoms with Crippen molar-refractivity contribution in [3.05, 3.63) is 0 Å². The Labute approximate surface area is 96.6 Å². The molecule has 0 radical (unpaired) electrons. The monoisotopic (exact) mass is 230 g/mol. The molecule has 0 saturated carbocycles. The van der Waals surface area contributed by atoms with Gasteiger partial charge < -0.3 is 20.5 Å². The molecular formula is C11H22N2O3. The third kappa shape index (κ3) is 3.43. The lowest BCUT2D eigenvalue weighted by molar-refractivity contribution is -0.136. The van der Waals surface area contributed by atoms with Crippen LogP contribution in [0.15, 0.2) is 0 Å². The van der Waals surface area contributed by atoms with E-state index in [-0.39, 0.29) is 5.91 Å². The van der Waals surface area contributed by atoms with Gasteiger partial charge in [-0.05, 0) is 32.9 Å². The molecule has 5 nitrogen and oxygen atoms in total. The maximum absolute atomic E-state index is 12.1. The first-order valence-corrected chi connectivity index (χ1v) is 5.77. The number of piperidine rings is 1. The number of carbonyl (C=O) groups is 1.